The van der Waals surface area contributed by atoms with Gasteiger partial charge >= 0.3 is 6.36 Å². The molecule has 1 unspecified atom stereocenters. The van der Waals surface area contributed by atoms with E-state index in [0.29, 0.717) is 0 Å². The Balaban J connectivity index is 2.99. The monoisotopic (exact) mass is 298 g/mol. The van der Waals surface area contributed by atoms with Crippen LogP contribution >= 0.6 is 0 Å². The van der Waals surface area contributed by atoms with Crippen molar-refractivity contribution >= 4 is 10.0 Å². The molecule has 1 atom stereocenters. The SMILES string of the molecule is CC(CN)NS(=O)(=O)c1cccc(OC(F)(F)F)c1. The summed E-state index contributed by atoms with van der Waals surface area (Å²) in [6.07, 6.45) is -4.87. The van der Waals surface area contributed by atoms with Crippen molar-refractivity contribution in [2.75, 3.05) is 6.54 Å². The average molecular weight is 298 g/mol. The first-order valence-corrected chi connectivity index (χ1v) is 6.70. The molecule has 0 saturated carbocycles. The van der Waals surface area contributed by atoms with Gasteiger partial charge in [0.05, 0.1) is 4.90 Å². The van der Waals surface area contributed by atoms with Crippen LogP contribution in [0.3, 0.4) is 0 Å². The van der Waals surface area contributed by atoms with E-state index in [0.717, 1.165) is 24.3 Å². The second-order valence-corrected chi connectivity index (χ2v) is 5.49. The molecule has 1 aromatic carbocycles. The van der Waals surface area contributed by atoms with Gasteiger partial charge < -0.3 is 10.5 Å². The number of halogens is 3. The summed E-state index contributed by atoms with van der Waals surface area (Å²) in [5, 5.41) is 0. The predicted molar refractivity (Wildman–Crippen MR) is 62.0 cm³/mol. The second kappa shape index (κ2) is 5.76. The molecule has 0 fully saturated rings. The Labute approximate surface area is 108 Å². The summed E-state index contributed by atoms with van der Waals surface area (Å²) < 4.78 is 65.6. The summed E-state index contributed by atoms with van der Waals surface area (Å²) in [6, 6.07) is 3.59. The Morgan fingerprint density at radius 2 is 2.05 bits per heavy atom. The maximum Gasteiger partial charge on any atom is 0.573 e. The minimum atomic E-state index is -4.87. The van der Waals surface area contributed by atoms with Crippen LogP contribution in [0.4, 0.5) is 13.2 Å². The van der Waals surface area contributed by atoms with Crippen molar-refractivity contribution in [1.29, 1.82) is 0 Å². The number of rotatable bonds is 5. The third kappa shape index (κ3) is 5.05. The summed E-state index contributed by atoms with van der Waals surface area (Å²) in [5.74, 6) is -0.601. The van der Waals surface area contributed by atoms with E-state index in [1.54, 1.807) is 0 Å². The van der Waals surface area contributed by atoms with Gasteiger partial charge in [0.15, 0.2) is 0 Å². The van der Waals surface area contributed by atoms with Gasteiger partial charge in [-0.3, -0.25) is 0 Å². The molecule has 108 valence electrons. The van der Waals surface area contributed by atoms with Crippen LogP contribution in [0.25, 0.3) is 0 Å². The molecule has 0 amide bonds. The fraction of sp³-hybridized carbons (Fsp3) is 0.400. The van der Waals surface area contributed by atoms with Crippen LogP contribution in [0, 0.1) is 0 Å². The highest BCUT2D eigenvalue weighted by atomic mass is 32.2. The van der Waals surface area contributed by atoms with Crippen molar-refractivity contribution < 1.29 is 26.3 Å². The Kier molecular flexibility index (Phi) is 4.77. The first-order valence-electron chi connectivity index (χ1n) is 5.22. The van der Waals surface area contributed by atoms with Crippen LogP contribution in [-0.2, 0) is 10.0 Å². The van der Waals surface area contributed by atoms with Gasteiger partial charge in [0, 0.05) is 18.7 Å². The second-order valence-electron chi connectivity index (χ2n) is 3.78. The maximum absolute atomic E-state index is 12.0. The zero-order chi connectivity index (χ0) is 14.7. The van der Waals surface area contributed by atoms with Crippen molar-refractivity contribution in [1.82, 2.24) is 4.72 Å². The molecule has 19 heavy (non-hydrogen) atoms. The van der Waals surface area contributed by atoms with Crippen LogP contribution in [0.5, 0.6) is 5.75 Å². The highest BCUT2D eigenvalue weighted by Gasteiger charge is 2.31. The Morgan fingerprint density at radius 1 is 1.42 bits per heavy atom. The quantitative estimate of drug-likeness (QED) is 0.856. The van der Waals surface area contributed by atoms with Crippen molar-refractivity contribution in [2.24, 2.45) is 5.73 Å². The number of sulfonamides is 1. The van der Waals surface area contributed by atoms with Gasteiger partial charge in [-0.15, -0.1) is 13.2 Å². The largest absolute Gasteiger partial charge is 0.573 e. The lowest BCUT2D eigenvalue weighted by atomic mass is 10.3. The van der Waals surface area contributed by atoms with Gasteiger partial charge in [0.1, 0.15) is 5.75 Å². The van der Waals surface area contributed by atoms with E-state index >= 15 is 0 Å². The van der Waals surface area contributed by atoms with Crippen molar-refractivity contribution in [2.45, 2.75) is 24.2 Å². The predicted octanol–water partition coefficient (Wildman–Crippen LogP) is 1.21. The van der Waals surface area contributed by atoms with Crippen LogP contribution in [-0.4, -0.2) is 27.4 Å². The van der Waals surface area contributed by atoms with Crippen molar-refractivity contribution in [3.05, 3.63) is 24.3 Å². The first-order chi connectivity index (χ1) is 8.64. The molecule has 3 N–H and O–H groups in total. The number of hydrogen-bond donors (Lipinski definition) is 2. The van der Waals surface area contributed by atoms with Gasteiger partial charge in [-0.25, -0.2) is 13.1 Å². The number of nitrogens with one attached hydrogen (secondary N) is 1. The zero-order valence-electron chi connectivity index (χ0n) is 9.94. The molecule has 1 rings (SSSR count). The fourth-order valence-electron chi connectivity index (χ4n) is 1.22. The molecule has 0 aliphatic carbocycles. The lowest BCUT2D eigenvalue weighted by Gasteiger charge is -2.13. The van der Waals surface area contributed by atoms with E-state index in [2.05, 4.69) is 9.46 Å². The molecule has 9 heteroatoms. The van der Waals surface area contributed by atoms with Gasteiger partial charge in [-0.1, -0.05) is 6.07 Å². The van der Waals surface area contributed by atoms with E-state index in [1.165, 1.54) is 6.92 Å². The van der Waals surface area contributed by atoms with Gasteiger partial charge in [0.2, 0.25) is 10.0 Å². The lowest BCUT2D eigenvalue weighted by Crippen LogP contribution is -2.37. The standard InChI is InChI=1S/C10H13F3N2O3S/c1-7(6-14)15-19(16,17)9-4-2-3-8(5-9)18-10(11,12)13/h2-5,7,15H,6,14H2,1H3. The Bertz CT molecular complexity index is 531. The van der Waals surface area contributed by atoms with Crippen LogP contribution in [0.15, 0.2) is 29.2 Å². The first kappa shape index (κ1) is 15.7. The highest BCUT2D eigenvalue weighted by molar-refractivity contribution is 7.89. The number of benzene rings is 1. The van der Waals surface area contributed by atoms with Crippen LogP contribution in [0.1, 0.15) is 6.92 Å². The molecule has 0 radical (unpaired) electrons. The van der Waals surface area contributed by atoms with E-state index in [9.17, 15) is 21.6 Å². The molecule has 0 bridgehead atoms. The van der Waals surface area contributed by atoms with E-state index < -0.39 is 28.2 Å². The molecule has 0 heterocycles. The molecule has 0 aliphatic rings. The molecule has 0 spiro atoms. The summed E-state index contributed by atoms with van der Waals surface area (Å²) in [4.78, 5) is -0.324. The molecule has 0 aliphatic heterocycles. The van der Waals surface area contributed by atoms with Crippen LogP contribution in [0.2, 0.25) is 0 Å². The minimum Gasteiger partial charge on any atom is -0.406 e. The average Bonchev–Trinajstić information content (AvgIpc) is 2.26. The Hall–Kier alpha value is -1.32. The summed E-state index contributed by atoms with van der Waals surface area (Å²) >= 11 is 0. The highest BCUT2D eigenvalue weighted by Crippen LogP contribution is 2.24. The molecule has 0 saturated heterocycles. The summed E-state index contributed by atoms with van der Waals surface area (Å²) in [5.41, 5.74) is 5.27. The molecular formula is C10H13F3N2O3S. The van der Waals surface area contributed by atoms with Crippen molar-refractivity contribution in [3.8, 4) is 5.75 Å². The van der Waals surface area contributed by atoms with E-state index in [-0.39, 0.29) is 11.4 Å². The van der Waals surface area contributed by atoms with Crippen LogP contribution < -0.4 is 15.2 Å². The smallest absolute Gasteiger partial charge is 0.406 e. The normalized spacial score (nSPS) is 14.2. The molecule has 0 aromatic heterocycles. The number of ether oxygens (including phenoxy) is 1. The third-order valence-electron chi connectivity index (χ3n) is 2.06. The van der Waals surface area contributed by atoms with E-state index in [4.69, 9.17) is 5.73 Å². The Morgan fingerprint density at radius 3 is 2.58 bits per heavy atom. The van der Waals surface area contributed by atoms with E-state index in [1.807, 2.05) is 0 Å². The molecule has 1 aromatic rings. The molecular weight excluding hydrogens is 285 g/mol. The number of hydrogen-bond acceptors (Lipinski definition) is 4. The zero-order valence-corrected chi connectivity index (χ0v) is 10.8. The maximum atomic E-state index is 12.0. The van der Waals surface area contributed by atoms with Gasteiger partial charge in [0.25, 0.3) is 0 Å². The molecule has 5 nitrogen and oxygen atoms in total. The number of nitrogens with two attached hydrogens (primary N) is 1. The number of alkyl halides is 3. The lowest BCUT2D eigenvalue weighted by molar-refractivity contribution is -0.274. The van der Waals surface area contributed by atoms with Gasteiger partial charge in [-0.05, 0) is 19.1 Å². The fourth-order valence-corrected chi connectivity index (χ4v) is 2.51. The summed E-state index contributed by atoms with van der Waals surface area (Å²) in [6.45, 7) is 1.60. The van der Waals surface area contributed by atoms with Crippen molar-refractivity contribution in [3.63, 3.8) is 0 Å². The third-order valence-corrected chi connectivity index (χ3v) is 3.65. The topological polar surface area (TPSA) is 81.4 Å². The summed E-state index contributed by atoms with van der Waals surface area (Å²) in [7, 11) is -3.93. The van der Waals surface area contributed by atoms with Gasteiger partial charge in [-0.2, -0.15) is 0 Å². The minimum absolute atomic E-state index is 0.0674.